The fourth-order valence-electron chi connectivity index (χ4n) is 17.2. The zero-order chi connectivity index (χ0) is 108. The second-order valence-electron chi connectivity index (χ2n) is 36.9. The number of halogens is 4. The second-order valence-corrected chi connectivity index (χ2v) is 43.0. The highest BCUT2D eigenvalue weighted by Crippen LogP contribution is 2.59. The van der Waals surface area contributed by atoms with E-state index < -0.39 is 201 Å². The third-order valence-electron chi connectivity index (χ3n) is 25.5. The fourth-order valence-corrected chi connectivity index (χ4v) is 21.9. The van der Waals surface area contributed by atoms with Gasteiger partial charge in [0.2, 0.25) is 11.7 Å². The van der Waals surface area contributed by atoms with Crippen molar-refractivity contribution in [3.05, 3.63) is 298 Å². The molecule has 150 heavy (non-hydrogen) atoms. The van der Waals surface area contributed by atoms with Gasteiger partial charge in [-0.2, -0.15) is 10.2 Å². The van der Waals surface area contributed by atoms with Crippen molar-refractivity contribution in [1.82, 2.24) is 43.9 Å². The van der Waals surface area contributed by atoms with E-state index in [0.29, 0.717) is 52.7 Å². The van der Waals surface area contributed by atoms with Crippen LogP contribution in [0.25, 0.3) is 0 Å². The van der Waals surface area contributed by atoms with Crippen molar-refractivity contribution in [2.24, 2.45) is 17.3 Å². The van der Waals surface area contributed by atoms with Crippen molar-refractivity contribution in [2.75, 3.05) is 19.8 Å². The molecule has 0 bridgehead atoms. The minimum absolute atomic E-state index is 0. The molecule has 42 nitrogen and oxygen atoms in total. The standard InChI is InChI=1S/C34H41FN3O11P.C26H25FN2O8.C25H33FN3O10P.C15H21ClNO4P.CH4/c1-23(29(40)46-26-15-9-5-10-16-26)37-50(43,49-27-17-11-6-12-18-27)45-22-34(35)24(2)33(3,30(47-34)38-20-19-28(39)36-31(38)41)48-32(42)44-21-25-13-7-4-8-14-25;1-25(23(33)36-15-18-10-6-3-7-11-18)20(21(32)35-14-17-8-4-2-5-9-17)26(27,16-30)37-22(25)29-13-12-19(31)28-24(29)34;1-16(20(31)37-17-9-5-3-6-10-17)28-40(35,39-18-11-7-4-8-12-18)36-15-25(26)21(32)24(2,34)22(38-25)29-14-13-19(30)27-23(29)33;1-12(15(18)20-13-8-4-2-5-9-13)17-22(16,19)21-14-10-6-3-7-11-14;/h4,6-8,11-14,17-20,23-24,26,30H,5,9-10,15-16,21-22H2,1-3H3,(H,37,43)(H,36,39,41);2-13,20,22,30H,14-16H2,1H3,(H,28,31,34);4,7-8,11-14,16-17,21-22,32,34H,3,5-6,9-10,15H2,1-2H3,(H,28,35)(H,27,30,33);3,6-7,10-13H,2,4-5,8-9H2,1H3,(H,17,19);1H4/t23-,24-,30+,33+,34+,50?;20-,22+,25+,26+;16-,21-,22+,24+,25+,40?;12-,22?;/m0000./s1. The summed E-state index contributed by atoms with van der Waals surface area (Å²) in [5, 5.41) is 38.9. The number of nitrogens with one attached hydrogen (secondary N) is 6. The Balaban J connectivity index is 0.000000195. The zero-order valence-corrected chi connectivity index (χ0v) is 85.8. The molecule has 3 saturated carbocycles. The predicted octanol–water partition coefficient (Wildman–Crippen LogP) is 14.2. The molecule has 3 aliphatic heterocycles. The van der Waals surface area contributed by atoms with E-state index in [2.05, 4.69) is 20.2 Å². The number of carbonyl (C=O) groups is 6. The molecule has 18 atom stereocenters. The second kappa shape index (κ2) is 52.6. The number of benzene rings is 6. The molecule has 814 valence electrons. The molecule has 15 rings (SSSR count). The first-order chi connectivity index (χ1) is 70.8. The van der Waals surface area contributed by atoms with Crippen LogP contribution < -0.4 is 62.6 Å². The van der Waals surface area contributed by atoms with E-state index in [4.69, 9.17) is 81.2 Å². The Morgan fingerprint density at radius 2 is 0.780 bits per heavy atom. The molecule has 6 fully saturated rings. The first-order valence-corrected chi connectivity index (χ1v) is 53.7. The number of hydrogen-bond donors (Lipinski definition) is 9. The molecule has 3 aromatic heterocycles. The summed E-state index contributed by atoms with van der Waals surface area (Å²) in [6.45, 7) is 1.30. The van der Waals surface area contributed by atoms with Crippen LogP contribution >= 0.6 is 33.6 Å². The number of carbonyl (C=O) groups excluding carboxylic acids is 6. The average Bonchev–Trinajstić information content (AvgIpc) is 1.56. The van der Waals surface area contributed by atoms with Crippen LogP contribution in [0.2, 0.25) is 0 Å². The number of para-hydroxylation sites is 3. The molecule has 6 aliphatic rings. The summed E-state index contributed by atoms with van der Waals surface area (Å²) in [5.74, 6) is -16.2. The minimum atomic E-state index is -4.57. The van der Waals surface area contributed by atoms with Crippen LogP contribution in [0.1, 0.15) is 188 Å². The van der Waals surface area contributed by atoms with Crippen LogP contribution in [0.4, 0.5) is 18.0 Å². The van der Waals surface area contributed by atoms with Crippen LogP contribution in [0.5, 0.6) is 17.2 Å². The lowest BCUT2D eigenvalue weighted by atomic mass is 9.74. The Morgan fingerprint density at radius 1 is 0.453 bits per heavy atom. The molecule has 3 saturated heterocycles. The van der Waals surface area contributed by atoms with Crippen LogP contribution in [0.3, 0.4) is 0 Å². The van der Waals surface area contributed by atoms with Crippen molar-refractivity contribution in [1.29, 1.82) is 0 Å². The topological polar surface area (TPSA) is 553 Å². The first kappa shape index (κ1) is 118. The van der Waals surface area contributed by atoms with Gasteiger partial charge in [0.05, 0.1) is 5.92 Å². The number of hydrogen-bond acceptors (Lipinski definition) is 33. The van der Waals surface area contributed by atoms with Crippen LogP contribution in [0, 0.1) is 17.3 Å². The predicted molar refractivity (Wildman–Crippen MR) is 534 cm³/mol. The lowest BCUT2D eigenvalue weighted by molar-refractivity contribution is -0.204. The van der Waals surface area contributed by atoms with Crippen molar-refractivity contribution in [3.8, 4) is 17.2 Å². The molecule has 0 spiro atoms. The number of rotatable bonds is 37. The number of ether oxygens (including phenoxy) is 10. The number of H-pyrrole nitrogens is 3. The number of aromatic amines is 3. The molecule has 3 unspecified atom stereocenters. The number of aliphatic hydroxyl groups excluding tert-OH is 2. The normalized spacial score (nSPS) is 25.5. The quantitative estimate of drug-likeness (QED) is 0.00992. The van der Waals surface area contributed by atoms with E-state index in [0.717, 1.165) is 117 Å². The van der Waals surface area contributed by atoms with Crippen LogP contribution in [0.15, 0.2) is 248 Å². The van der Waals surface area contributed by atoms with Gasteiger partial charge in [0, 0.05) is 48.0 Å². The molecule has 3 aliphatic carbocycles. The van der Waals surface area contributed by atoms with Gasteiger partial charge in [0.1, 0.15) is 116 Å². The summed E-state index contributed by atoms with van der Waals surface area (Å²) in [6.07, 6.45) is 7.49. The summed E-state index contributed by atoms with van der Waals surface area (Å²) < 4.78 is 174. The zero-order valence-electron chi connectivity index (χ0n) is 82.3. The lowest BCUT2D eigenvalue weighted by Crippen LogP contribution is -2.50. The van der Waals surface area contributed by atoms with E-state index >= 15 is 13.2 Å². The Labute approximate surface area is 864 Å². The molecule has 0 amide bonds. The molecule has 6 heterocycles. The van der Waals surface area contributed by atoms with Gasteiger partial charge in [-0.1, -0.05) is 179 Å². The maximum atomic E-state index is 17.1. The number of alkyl halides is 3. The van der Waals surface area contributed by atoms with Crippen molar-refractivity contribution in [2.45, 2.75) is 262 Å². The van der Waals surface area contributed by atoms with Gasteiger partial charge < -0.3 is 76.3 Å². The summed E-state index contributed by atoms with van der Waals surface area (Å²) >= 11 is 5.87. The SMILES string of the molecule is C.C[C@H](NP(=O)(Cl)Oc1ccccc1)C(=O)OC1CCCCC1.C[C@H](NP(=O)(OC[C@@]1(F)O[C@@H](n2ccc(=O)[nH]c2=O)[C@](C)(O)[C@@H]1O)Oc1ccccc1)C(=O)OC1CCCCC1.C[C@H](NP(=O)(OC[C@@]1(F)O[C@@H](n2ccc(=O)[nH]c2=O)[C@](C)(OC(=O)OCc2ccccc2)[C@@H]1C)Oc1ccccc1)C(=O)OC1CCCCC1.C[C@]1(C(=O)OCc2ccccc2)[C@H](n2ccc(=O)[nH]c2=O)O[C@](F)(CO)[C@H]1C(=O)OCc1ccccc1. The summed E-state index contributed by atoms with van der Waals surface area (Å²) in [6, 6.07) is 50.0. The van der Waals surface area contributed by atoms with Gasteiger partial charge in [-0.3, -0.25) is 76.1 Å². The molecular formula is C101H124ClF3N9O33P3. The van der Waals surface area contributed by atoms with E-state index in [1.54, 1.807) is 159 Å². The van der Waals surface area contributed by atoms with Crippen molar-refractivity contribution in [3.63, 3.8) is 0 Å². The molecule has 0 radical (unpaired) electrons. The fraction of sp³-hybridized carbons (Fsp3) is 0.465. The van der Waals surface area contributed by atoms with E-state index in [9.17, 15) is 86.5 Å². The van der Waals surface area contributed by atoms with Gasteiger partial charge in [0.15, 0.2) is 24.3 Å². The maximum absolute atomic E-state index is 17.1. The van der Waals surface area contributed by atoms with E-state index in [-0.39, 0.29) is 57.1 Å². The minimum Gasteiger partial charge on any atom is -0.461 e. The highest BCUT2D eigenvalue weighted by Gasteiger charge is 2.72. The Kier molecular flexibility index (Phi) is 41.4. The largest absolute Gasteiger partial charge is 0.509 e. The van der Waals surface area contributed by atoms with Crippen molar-refractivity contribution < 1.29 is 141 Å². The summed E-state index contributed by atoms with van der Waals surface area (Å²) in [5.41, 5.74) is -9.88. The molecular weight excluding hydrogens is 2050 g/mol. The Bertz CT molecular complexity index is 6540. The Morgan fingerprint density at radius 3 is 1.16 bits per heavy atom. The van der Waals surface area contributed by atoms with Gasteiger partial charge in [-0.05, 0) is 172 Å². The molecule has 9 aromatic rings. The number of esters is 5. The maximum Gasteiger partial charge on any atom is 0.509 e. The number of nitrogens with zero attached hydrogens (tertiary/aromatic N) is 3. The average molecular weight is 2180 g/mol. The van der Waals surface area contributed by atoms with Gasteiger partial charge in [-0.25, -0.2) is 51.1 Å². The van der Waals surface area contributed by atoms with Crippen LogP contribution in [-0.4, -0.2) is 171 Å². The van der Waals surface area contributed by atoms with Crippen LogP contribution in [-0.2, 0) is 114 Å². The third-order valence-corrected chi connectivity index (χ3v) is 30.3. The smallest absolute Gasteiger partial charge is 0.461 e. The van der Waals surface area contributed by atoms with Gasteiger partial charge in [0.25, 0.3) is 22.5 Å². The number of aromatic nitrogens is 6. The Hall–Kier alpha value is -12.3. The molecule has 49 heteroatoms. The van der Waals surface area contributed by atoms with Crippen molar-refractivity contribution >= 4 is 69.6 Å². The summed E-state index contributed by atoms with van der Waals surface area (Å²) in [7, 11) is -9.12. The van der Waals surface area contributed by atoms with E-state index in [1.165, 1.54) is 65.3 Å². The number of aliphatic hydroxyl groups is 3. The third kappa shape index (κ3) is 31.3. The van der Waals surface area contributed by atoms with Gasteiger partial charge >= 0.3 is 75.4 Å². The first-order valence-electron chi connectivity index (χ1n) is 48.1. The summed E-state index contributed by atoms with van der Waals surface area (Å²) in [4.78, 5) is 156. The lowest BCUT2D eigenvalue weighted by Gasteiger charge is -2.33. The highest BCUT2D eigenvalue weighted by molar-refractivity contribution is 7.84. The monoisotopic (exact) mass is 2180 g/mol. The highest BCUT2D eigenvalue weighted by atomic mass is 35.7. The van der Waals surface area contributed by atoms with Gasteiger partial charge in [-0.15, -0.1) is 0 Å². The molecule has 6 aromatic carbocycles. The van der Waals surface area contributed by atoms with E-state index in [1.807, 2.05) is 16.0 Å². The molecule has 9 N–H and O–H groups in total.